The molecule has 23 heavy (non-hydrogen) atoms. The average Bonchev–Trinajstić information content (AvgIpc) is 2.46. The molecule has 1 saturated heterocycles. The predicted molar refractivity (Wildman–Crippen MR) is 92.2 cm³/mol. The topological polar surface area (TPSA) is 75.3 Å². The van der Waals surface area contributed by atoms with E-state index < -0.39 is 14.6 Å². The molecule has 0 aliphatic carbocycles. The van der Waals surface area contributed by atoms with Gasteiger partial charge in [0.2, 0.25) is 5.91 Å². The molecule has 1 aliphatic rings. The van der Waals surface area contributed by atoms with Crippen LogP contribution in [0, 0.1) is 13.8 Å². The van der Waals surface area contributed by atoms with Crippen LogP contribution >= 0.6 is 0 Å². The number of amides is 1. The number of carbonyl (C=O) groups is 1. The summed E-state index contributed by atoms with van der Waals surface area (Å²) in [6, 6.07) is 5.83. The Morgan fingerprint density at radius 1 is 1.26 bits per heavy atom. The summed E-state index contributed by atoms with van der Waals surface area (Å²) in [5.41, 5.74) is 3.27. The Morgan fingerprint density at radius 3 is 2.39 bits per heavy atom. The third-order valence-corrected chi connectivity index (χ3v) is 6.79. The van der Waals surface area contributed by atoms with E-state index in [1.165, 1.54) is 6.26 Å². The highest BCUT2D eigenvalue weighted by Crippen LogP contribution is 2.29. The molecule has 1 heterocycles. The molecule has 1 aliphatic heterocycles. The number of piperidine rings is 1. The first-order valence-corrected chi connectivity index (χ1v) is 9.85. The number of hydrogen-bond donors (Lipinski definition) is 2. The Kier molecular flexibility index (Phi) is 5.16. The summed E-state index contributed by atoms with van der Waals surface area (Å²) in [6.45, 7) is 7.00. The zero-order valence-electron chi connectivity index (χ0n) is 14.3. The molecule has 6 heteroatoms. The van der Waals surface area contributed by atoms with E-state index in [2.05, 4.69) is 16.7 Å². The van der Waals surface area contributed by atoms with Crippen LogP contribution in [-0.4, -0.2) is 38.4 Å². The Bertz CT molecular complexity index is 692. The first kappa shape index (κ1) is 17.9. The number of aryl methyl sites for hydroxylation is 2. The summed E-state index contributed by atoms with van der Waals surface area (Å²) in [6.07, 6.45) is 1.80. The number of carbonyl (C=O) groups excluding carboxylic acids is 1. The van der Waals surface area contributed by atoms with Crippen molar-refractivity contribution >= 4 is 15.7 Å². The minimum Gasteiger partial charge on any atom is -0.348 e. The van der Waals surface area contributed by atoms with Crippen LogP contribution in [0.2, 0.25) is 0 Å². The molecule has 0 spiro atoms. The predicted octanol–water partition coefficient (Wildman–Crippen LogP) is 1.65. The molecule has 1 atom stereocenters. The van der Waals surface area contributed by atoms with E-state index >= 15 is 0 Å². The Labute approximate surface area is 138 Å². The lowest BCUT2D eigenvalue weighted by molar-refractivity contribution is -0.125. The highest BCUT2D eigenvalue weighted by molar-refractivity contribution is 7.92. The fourth-order valence-corrected chi connectivity index (χ4v) is 4.66. The van der Waals surface area contributed by atoms with Crippen molar-refractivity contribution in [3.63, 3.8) is 0 Å². The fraction of sp³-hybridized carbons (Fsp3) is 0.588. The summed E-state index contributed by atoms with van der Waals surface area (Å²) in [5, 5.41) is 6.05. The molecule has 1 amide bonds. The minimum atomic E-state index is -3.48. The lowest BCUT2D eigenvalue weighted by Crippen LogP contribution is -2.57. The van der Waals surface area contributed by atoms with Crippen molar-refractivity contribution in [3.8, 4) is 0 Å². The van der Waals surface area contributed by atoms with Crippen LogP contribution in [0.5, 0.6) is 0 Å². The summed E-state index contributed by atoms with van der Waals surface area (Å²) >= 11 is 0. The van der Waals surface area contributed by atoms with E-state index in [1.54, 1.807) is 0 Å². The van der Waals surface area contributed by atoms with E-state index in [1.807, 2.05) is 32.9 Å². The van der Waals surface area contributed by atoms with Gasteiger partial charge in [0.05, 0.1) is 6.04 Å². The second kappa shape index (κ2) is 6.61. The van der Waals surface area contributed by atoms with Gasteiger partial charge in [-0.2, -0.15) is 0 Å². The first-order valence-electron chi connectivity index (χ1n) is 7.96. The monoisotopic (exact) mass is 338 g/mol. The van der Waals surface area contributed by atoms with Crippen molar-refractivity contribution in [2.75, 3.05) is 19.3 Å². The third kappa shape index (κ3) is 3.58. The second-order valence-electron chi connectivity index (χ2n) is 6.57. The van der Waals surface area contributed by atoms with Crippen molar-refractivity contribution in [1.82, 2.24) is 10.6 Å². The molecule has 0 bridgehead atoms. The van der Waals surface area contributed by atoms with Gasteiger partial charge in [-0.05, 0) is 57.8 Å². The molecule has 5 nitrogen and oxygen atoms in total. The van der Waals surface area contributed by atoms with Crippen molar-refractivity contribution in [1.29, 1.82) is 0 Å². The van der Waals surface area contributed by atoms with Crippen LogP contribution in [0.25, 0.3) is 0 Å². The van der Waals surface area contributed by atoms with Gasteiger partial charge >= 0.3 is 0 Å². The molecule has 2 rings (SSSR count). The van der Waals surface area contributed by atoms with Crippen LogP contribution in [0.15, 0.2) is 18.2 Å². The van der Waals surface area contributed by atoms with Gasteiger partial charge in [0.15, 0.2) is 14.6 Å². The number of rotatable bonds is 4. The quantitative estimate of drug-likeness (QED) is 0.875. The van der Waals surface area contributed by atoms with Crippen molar-refractivity contribution in [3.05, 3.63) is 34.9 Å². The van der Waals surface area contributed by atoms with Gasteiger partial charge in [-0.3, -0.25) is 4.79 Å². The highest BCUT2D eigenvalue weighted by atomic mass is 32.2. The van der Waals surface area contributed by atoms with E-state index in [0.29, 0.717) is 25.9 Å². The maximum atomic E-state index is 12.8. The van der Waals surface area contributed by atoms with Gasteiger partial charge in [-0.15, -0.1) is 0 Å². The maximum absolute atomic E-state index is 12.8. The smallest absolute Gasteiger partial charge is 0.242 e. The lowest BCUT2D eigenvalue weighted by atomic mass is 9.94. The zero-order chi connectivity index (χ0) is 17.3. The van der Waals surface area contributed by atoms with Crippen LogP contribution in [-0.2, 0) is 14.6 Å². The average molecular weight is 338 g/mol. The number of nitrogens with one attached hydrogen (secondary N) is 2. The largest absolute Gasteiger partial charge is 0.348 e. The standard InChI is InChI=1S/C17H26N2O3S/c1-12-5-6-15(13(2)11-12)14(3)19-16(20)17(23(4,21)22)7-9-18-10-8-17/h5-6,11,14,18H,7-10H2,1-4H3,(H,19,20). The molecular weight excluding hydrogens is 312 g/mol. The van der Waals surface area contributed by atoms with Gasteiger partial charge in [0.1, 0.15) is 0 Å². The van der Waals surface area contributed by atoms with Crippen LogP contribution in [0.1, 0.15) is 42.5 Å². The van der Waals surface area contributed by atoms with Crippen LogP contribution < -0.4 is 10.6 Å². The van der Waals surface area contributed by atoms with Gasteiger partial charge in [-0.25, -0.2) is 8.42 Å². The zero-order valence-corrected chi connectivity index (χ0v) is 15.1. The molecule has 0 saturated carbocycles. The molecule has 1 unspecified atom stereocenters. The Hall–Kier alpha value is -1.40. The van der Waals surface area contributed by atoms with Gasteiger partial charge in [-0.1, -0.05) is 23.8 Å². The summed E-state index contributed by atoms with van der Waals surface area (Å²) in [4.78, 5) is 12.8. The maximum Gasteiger partial charge on any atom is 0.242 e. The Morgan fingerprint density at radius 2 is 1.87 bits per heavy atom. The third-order valence-electron chi connectivity index (χ3n) is 4.77. The Balaban J connectivity index is 2.25. The highest BCUT2D eigenvalue weighted by Gasteiger charge is 2.48. The number of sulfone groups is 1. The molecule has 1 aromatic rings. The van der Waals surface area contributed by atoms with Crippen LogP contribution in [0.3, 0.4) is 0 Å². The molecule has 1 aromatic carbocycles. The van der Waals surface area contributed by atoms with E-state index in [-0.39, 0.29) is 11.9 Å². The molecule has 128 valence electrons. The fourth-order valence-electron chi connectivity index (χ4n) is 3.31. The van der Waals surface area contributed by atoms with Gasteiger partial charge < -0.3 is 10.6 Å². The summed E-state index contributed by atoms with van der Waals surface area (Å²) in [7, 11) is -3.48. The molecule has 1 fully saturated rings. The normalized spacial score (nSPS) is 19.1. The molecule has 0 aromatic heterocycles. The van der Waals surface area contributed by atoms with Gasteiger partial charge in [0.25, 0.3) is 0 Å². The molecule has 0 radical (unpaired) electrons. The lowest BCUT2D eigenvalue weighted by Gasteiger charge is -2.35. The van der Waals surface area contributed by atoms with E-state index in [9.17, 15) is 13.2 Å². The van der Waals surface area contributed by atoms with Gasteiger partial charge in [0, 0.05) is 6.26 Å². The van der Waals surface area contributed by atoms with Crippen molar-refractivity contribution in [2.45, 2.75) is 44.4 Å². The molecular formula is C17H26N2O3S. The molecule has 2 N–H and O–H groups in total. The number of hydrogen-bond acceptors (Lipinski definition) is 4. The van der Waals surface area contributed by atoms with E-state index in [4.69, 9.17) is 0 Å². The number of benzene rings is 1. The van der Waals surface area contributed by atoms with E-state index in [0.717, 1.165) is 16.7 Å². The van der Waals surface area contributed by atoms with Crippen molar-refractivity contribution in [2.24, 2.45) is 0 Å². The second-order valence-corrected chi connectivity index (χ2v) is 8.90. The minimum absolute atomic E-state index is 0.225. The van der Waals surface area contributed by atoms with Crippen LogP contribution in [0.4, 0.5) is 0 Å². The first-order chi connectivity index (χ1) is 10.7. The summed E-state index contributed by atoms with van der Waals surface area (Å²) < 4.78 is 23.3. The van der Waals surface area contributed by atoms with Crippen molar-refractivity contribution < 1.29 is 13.2 Å². The summed E-state index contributed by atoms with van der Waals surface area (Å²) in [5.74, 6) is -0.381. The SMILES string of the molecule is Cc1ccc(C(C)NC(=O)C2(S(C)(=O)=O)CCNCC2)c(C)c1.